The summed E-state index contributed by atoms with van der Waals surface area (Å²) in [5.41, 5.74) is 1.69. The minimum atomic E-state index is -0.258. The van der Waals surface area contributed by atoms with Crippen LogP contribution in [0.25, 0.3) is 0 Å². The van der Waals surface area contributed by atoms with Gasteiger partial charge in [0.15, 0.2) is 17.5 Å². The number of benzene rings is 2. The molecule has 146 valence electrons. The van der Waals surface area contributed by atoms with Crippen molar-refractivity contribution in [2.75, 3.05) is 27.8 Å². The second-order valence-electron chi connectivity index (χ2n) is 6.01. The third kappa shape index (κ3) is 5.51. The molecule has 6 nitrogen and oxygen atoms in total. The van der Waals surface area contributed by atoms with Crippen molar-refractivity contribution in [3.8, 4) is 17.2 Å². The third-order valence-corrected chi connectivity index (χ3v) is 3.96. The Bertz CT molecular complexity index is 771. The summed E-state index contributed by atoms with van der Waals surface area (Å²) >= 11 is 0. The fraction of sp³-hybridized carbons (Fsp3) is 0.350. The molecule has 0 atom stereocenters. The van der Waals surface area contributed by atoms with E-state index < -0.39 is 0 Å². The summed E-state index contributed by atoms with van der Waals surface area (Å²) in [4.78, 5) is 6.55. The van der Waals surface area contributed by atoms with Gasteiger partial charge in [0.1, 0.15) is 5.82 Å². The third-order valence-electron chi connectivity index (χ3n) is 3.96. The number of hydrogen-bond donors (Lipinski definition) is 2. The van der Waals surface area contributed by atoms with Crippen LogP contribution in [0.5, 0.6) is 17.2 Å². The highest BCUT2D eigenvalue weighted by molar-refractivity contribution is 5.79. The number of rotatable bonds is 7. The number of halogens is 1. The molecule has 7 heteroatoms. The normalized spacial score (nSPS) is 11.2. The highest BCUT2D eigenvalue weighted by Crippen LogP contribution is 2.37. The van der Waals surface area contributed by atoms with E-state index in [0.29, 0.717) is 37.1 Å². The summed E-state index contributed by atoms with van der Waals surface area (Å²) in [5.74, 6) is 1.05. The molecule has 0 unspecified atom stereocenters. The van der Waals surface area contributed by atoms with Crippen molar-refractivity contribution < 1.29 is 19.0 Å². The van der Waals surface area contributed by atoms with E-state index in [0.717, 1.165) is 11.1 Å². The Balaban J connectivity index is 2.19. The topological polar surface area (TPSA) is 66.3 Å². The van der Waals surface area contributed by atoms with Gasteiger partial charge in [0.25, 0.3) is 0 Å². The summed E-state index contributed by atoms with van der Waals surface area (Å²) in [6.45, 7) is 3.57. The van der Waals surface area contributed by atoms with Gasteiger partial charge in [-0.2, -0.15) is 0 Å². The summed E-state index contributed by atoms with van der Waals surface area (Å²) < 4.78 is 23.8. The van der Waals surface area contributed by atoms with E-state index in [9.17, 15) is 9.50 Å². The van der Waals surface area contributed by atoms with Crippen molar-refractivity contribution in [1.82, 2.24) is 10.2 Å². The quantitative estimate of drug-likeness (QED) is 0.575. The molecule has 2 rings (SSSR count). The van der Waals surface area contributed by atoms with E-state index in [-0.39, 0.29) is 11.6 Å². The number of ether oxygens (including phenoxy) is 2. The van der Waals surface area contributed by atoms with Crippen LogP contribution in [0.15, 0.2) is 41.4 Å². The number of nitrogens with zero attached hydrogens (tertiary/aromatic N) is 2. The number of aliphatic imine (C=N–C) groups is 1. The Labute approximate surface area is 159 Å². The summed E-state index contributed by atoms with van der Waals surface area (Å²) in [7, 11) is 4.86. The number of aromatic hydroxyl groups is 1. The fourth-order valence-corrected chi connectivity index (χ4v) is 2.66. The average Bonchev–Trinajstić information content (AvgIpc) is 2.65. The van der Waals surface area contributed by atoms with Crippen LogP contribution in [0, 0.1) is 5.82 Å². The first-order valence-corrected chi connectivity index (χ1v) is 8.66. The Morgan fingerprint density at radius 3 is 2.37 bits per heavy atom. The van der Waals surface area contributed by atoms with E-state index in [1.807, 2.05) is 24.9 Å². The summed E-state index contributed by atoms with van der Waals surface area (Å²) in [6.07, 6.45) is 0. The van der Waals surface area contributed by atoms with Gasteiger partial charge in [0.05, 0.1) is 20.8 Å². The maximum absolute atomic E-state index is 13.4. The summed E-state index contributed by atoms with van der Waals surface area (Å²) in [5, 5.41) is 13.2. The molecule has 27 heavy (non-hydrogen) atoms. The minimum absolute atomic E-state index is 0.0390. The molecule has 0 aliphatic rings. The molecule has 0 fully saturated rings. The molecule has 0 aliphatic heterocycles. The standard InChI is InChI=1S/C20H26FN3O3/c1-5-22-20(24(2)13-14-7-6-8-16(21)9-14)23-12-15-10-17(26-3)19(25)18(11-15)27-4/h6-11,25H,5,12-13H2,1-4H3,(H,22,23). The summed E-state index contributed by atoms with van der Waals surface area (Å²) in [6, 6.07) is 9.94. The Morgan fingerprint density at radius 2 is 1.81 bits per heavy atom. The van der Waals surface area contributed by atoms with Crippen molar-refractivity contribution >= 4 is 5.96 Å². The number of phenols is 1. The predicted octanol–water partition coefficient (Wildman–Crippen LogP) is 3.15. The monoisotopic (exact) mass is 375 g/mol. The maximum Gasteiger partial charge on any atom is 0.200 e. The smallest absolute Gasteiger partial charge is 0.200 e. The molecule has 0 bridgehead atoms. The van der Waals surface area contributed by atoms with Gasteiger partial charge in [0, 0.05) is 20.1 Å². The average molecular weight is 375 g/mol. The van der Waals surface area contributed by atoms with E-state index in [1.54, 1.807) is 18.2 Å². The molecule has 0 radical (unpaired) electrons. The highest BCUT2D eigenvalue weighted by atomic mass is 19.1. The lowest BCUT2D eigenvalue weighted by molar-refractivity contribution is 0.339. The first-order chi connectivity index (χ1) is 13.0. The van der Waals surface area contributed by atoms with Gasteiger partial charge in [-0.1, -0.05) is 12.1 Å². The first kappa shape index (κ1) is 20.4. The van der Waals surface area contributed by atoms with Gasteiger partial charge < -0.3 is 24.8 Å². The van der Waals surface area contributed by atoms with Gasteiger partial charge >= 0.3 is 0 Å². The van der Waals surface area contributed by atoms with E-state index in [1.165, 1.54) is 26.4 Å². The van der Waals surface area contributed by atoms with E-state index in [4.69, 9.17) is 9.47 Å². The Hall–Kier alpha value is -2.96. The molecule has 0 amide bonds. The SMILES string of the molecule is CCNC(=NCc1cc(OC)c(O)c(OC)c1)N(C)Cc1cccc(F)c1. The van der Waals surface area contributed by atoms with Crippen LogP contribution in [0.1, 0.15) is 18.1 Å². The zero-order valence-corrected chi connectivity index (χ0v) is 16.1. The fourth-order valence-electron chi connectivity index (χ4n) is 2.66. The highest BCUT2D eigenvalue weighted by Gasteiger charge is 2.12. The van der Waals surface area contributed by atoms with Gasteiger partial charge in [-0.25, -0.2) is 9.38 Å². The molecular formula is C20H26FN3O3. The molecule has 2 aromatic rings. The van der Waals surface area contributed by atoms with E-state index >= 15 is 0 Å². The minimum Gasteiger partial charge on any atom is -0.502 e. The lowest BCUT2D eigenvalue weighted by Gasteiger charge is -2.22. The van der Waals surface area contributed by atoms with Crippen molar-refractivity contribution in [3.05, 3.63) is 53.3 Å². The molecule has 0 aliphatic carbocycles. The largest absolute Gasteiger partial charge is 0.502 e. The molecular weight excluding hydrogens is 349 g/mol. The van der Waals surface area contributed by atoms with Gasteiger partial charge in [-0.05, 0) is 42.3 Å². The second kappa shape index (κ2) is 9.66. The Kier molecular flexibility index (Phi) is 7.28. The number of nitrogens with one attached hydrogen (secondary N) is 1. The molecule has 0 saturated heterocycles. The number of guanidine groups is 1. The molecule has 2 aromatic carbocycles. The first-order valence-electron chi connectivity index (χ1n) is 8.66. The molecule has 0 saturated carbocycles. The van der Waals surface area contributed by atoms with Crippen LogP contribution >= 0.6 is 0 Å². The van der Waals surface area contributed by atoms with Gasteiger partial charge in [0.2, 0.25) is 5.75 Å². The lowest BCUT2D eigenvalue weighted by Crippen LogP contribution is -2.38. The Morgan fingerprint density at radius 1 is 1.15 bits per heavy atom. The van der Waals surface area contributed by atoms with Crippen LogP contribution in [0.3, 0.4) is 0 Å². The molecule has 0 heterocycles. The molecule has 0 spiro atoms. The molecule has 2 N–H and O–H groups in total. The van der Waals surface area contributed by atoms with Crippen LogP contribution < -0.4 is 14.8 Å². The molecule has 0 aromatic heterocycles. The van der Waals surface area contributed by atoms with Crippen molar-refractivity contribution in [2.45, 2.75) is 20.0 Å². The zero-order chi connectivity index (χ0) is 19.8. The number of phenolic OH excluding ortho intramolecular Hbond substituents is 1. The zero-order valence-electron chi connectivity index (χ0n) is 16.1. The van der Waals surface area contributed by atoms with Crippen LogP contribution in [-0.4, -0.2) is 43.8 Å². The second-order valence-corrected chi connectivity index (χ2v) is 6.01. The number of methoxy groups -OCH3 is 2. The lowest BCUT2D eigenvalue weighted by atomic mass is 10.2. The maximum atomic E-state index is 13.4. The van der Waals surface area contributed by atoms with E-state index in [2.05, 4.69) is 10.3 Å². The number of hydrogen-bond acceptors (Lipinski definition) is 4. The van der Waals surface area contributed by atoms with Gasteiger partial charge in [-0.15, -0.1) is 0 Å². The van der Waals surface area contributed by atoms with Crippen molar-refractivity contribution in [2.24, 2.45) is 4.99 Å². The van der Waals surface area contributed by atoms with Crippen LogP contribution in [0.2, 0.25) is 0 Å². The predicted molar refractivity (Wildman–Crippen MR) is 104 cm³/mol. The van der Waals surface area contributed by atoms with Gasteiger partial charge in [-0.3, -0.25) is 0 Å². The van der Waals surface area contributed by atoms with Crippen LogP contribution in [-0.2, 0) is 13.1 Å². The van der Waals surface area contributed by atoms with Crippen molar-refractivity contribution in [3.63, 3.8) is 0 Å². The van der Waals surface area contributed by atoms with Crippen molar-refractivity contribution in [1.29, 1.82) is 0 Å². The van der Waals surface area contributed by atoms with Crippen LogP contribution in [0.4, 0.5) is 4.39 Å².